The average molecular weight is 316 g/mol. The number of hydrogen-bond acceptors (Lipinski definition) is 3. The van der Waals surface area contributed by atoms with Crippen LogP contribution in [-0.2, 0) is 0 Å². The molecule has 0 N–H and O–H groups in total. The van der Waals surface area contributed by atoms with Crippen molar-refractivity contribution in [3.05, 3.63) is 70.0 Å². The van der Waals surface area contributed by atoms with Crippen LogP contribution in [0.3, 0.4) is 0 Å². The molecule has 0 radical (unpaired) electrons. The Hall–Kier alpha value is -2.07. The maximum Gasteiger partial charge on any atom is 0.185 e. The van der Waals surface area contributed by atoms with Gasteiger partial charge in [-0.2, -0.15) is 0 Å². The molecule has 0 bridgehead atoms. The highest BCUT2D eigenvalue weighted by Gasteiger charge is 2.02. The Kier molecular flexibility index (Phi) is 4.36. The van der Waals surface area contributed by atoms with E-state index in [9.17, 15) is 9.59 Å². The smallest absolute Gasteiger partial charge is 0.185 e. The van der Waals surface area contributed by atoms with Crippen LogP contribution in [0.4, 0.5) is 0 Å². The summed E-state index contributed by atoms with van der Waals surface area (Å²) in [5, 5.41) is 0. The van der Waals surface area contributed by atoms with Crippen molar-refractivity contribution in [2.24, 2.45) is 0 Å². The Morgan fingerprint density at radius 1 is 1.16 bits per heavy atom. The molecule has 3 nitrogen and oxygen atoms in total. The fourth-order valence-corrected chi connectivity index (χ4v) is 1.80. The maximum atomic E-state index is 11.9. The van der Waals surface area contributed by atoms with Crippen molar-refractivity contribution in [3.8, 4) is 0 Å². The van der Waals surface area contributed by atoms with Crippen LogP contribution >= 0.6 is 15.9 Å². The van der Waals surface area contributed by atoms with Crippen molar-refractivity contribution in [1.29, 1.82) is 0 Å². The van der Waals surface area contributed by atoms with Crippen LogP contribution < -0.4 is 0 Å². The fraction of sp³-hybridized carbons (Fsp3) is 0. The molecule has 0 aliphatic rings. The van der Waals surface area contributed by atoms with E-state index < -0.39 is 0 Å². The summed E-state index contributed by atoms with van der Waals surface area (Å²) in [6, 6.07) is 10.4. The molecule has 19 heavy (non-hydrogen) atoms. The molecular formula is C15H10BrNO2. The van der Waals surface area contributed by atoms with Gasteiger partial charge in [0.25, 0.3) is 0 Å². The summed E-state index contributed by atoms with van der Waals surface area (Å²) in [4.78, 5) is 26.8. The first kappa shape index (κ1) is 13.4. The van der Waals surface area contributed by atoms with Gasteiger partial charge in [0, 0.05) is 21.8 Å². The van der Waals surface area contributed by atoms with E-state index in [-0.39, 0.29) is 5.78 Å². The average Bonchev–Trinajstić information content (AvgIpc) is 2.45. The van der Waals surface area contributed by atoms with Crippen molar-refractivity contribution >= 4 is 34.1 Å². The van der Waals surface area contributed by atoms with E-state index in [0.717, 1.165) is 10.8 Å². The molecule has 0 spiro atoms. The van der Waals surface area contributed by atoms with Crippen LogP contribution in [0.2, 0.25) is 0 Å². The Balaban J connectivity index is 2.20. The minimum Gasteiger partial charge on any atom is -0.298 e. The summed E-state index contributed by atoms with van der Waals surface area (Å²) in [5.41, 5.74) is 1.54. The molecule has 2 rings (SSSR count). The van der Waals surface area contributed by atoms with Gasteiger partial charge in [0.1, 0.15) is 0 Å². The zero-order valence-corrected chi connectivity index (χ0v) is 11.5. The molecular weight excluding hydrogens is 306 g/mol. The Labute approximate surface area is 119 Å². The number of ketones is 1. The lowest BCUT2D eigenvalue weighted by Gasteiger charge is -1.97. The van der Waals surface area contributed by atoms with Gasteiger partial charge in [0.05, 0.1) is 5.69 Å². The monoisotopic (exact) mass is 315 g/mol. The van der Waals surface area contributed by atoms with Gasteiger partial charge in [-0.25, -0.2) is 0 Å². The summed E-state index contributed by atoms with van der Waals surface area (Å²) in [6.45, 7) is 0. The highest BCUT2D eigenvalue weighted by Crippen LogP contribution is 2.12. The lowest BCUT2D eigenvalue weighted by molar-refractivity contribution is 0.104. The van der Waals surface area contributed by atoms with E-state index in [1.54, 1.807) is 48.7 Å². The van der Waals surface area contributed by atoms with Gasteiger partial charge >= 0.3 is 0 Å². The number of halogens is 1. The van der Waals surface area contributed by atoms with Crippen LogP contribution in [0.5, 0.6) is 0 Å². The van der Waals surface area contributed by atoms with Crippen molar-refractivity contribution in [2.45, 2.75) is 0 Å². The molecule has 0 atom stereocenters. The Morgan fingerprint density at radius 2 is 1.89 bits per heavy atom. The number of hydrogen-bond donors (Lipinski definition) is 0. The van der Waals surface area contributed by atoms with Crippen LogP contribution in [0.15, 0.2) is 53.1 Å². The number of pyridine rings is 1. The summed E-state index contributed by atoms with van der Waals surface area (Å²) in [7, 11) is 0. The Morgan fingerprint density at radius 3 is 2.58 bits per heavy atom. The minimum absolute atomic E-state index is 0.130. The molecule has 94 valence electrons. The molecule has 0 saturated carbocycles. The molecule has 0 aliphatic heterocycles. The molecule has 2 aromatic rings. The number of carbonyl (C=O) groups is 2. The third-order valence-electron chi connectivity index (χ3n) is 2.52. The van der Waals surface area contributed by atoms with Crippen LogP contribution in [0.25, 0.3) is 6.08 Å². The van der Waals surface area contributed by atoms with Gasteiger partial charge in [-0.05, 0) is 48.6 Å². The quantitative estimate of drug-likeness (QED) is 0.492. The highest BCUT2D eigenvalue weighted by atomic mass is 79.9. The summed E-state index contributed by atoms with van der Waals surface area (Å²) in [5.74, 6) is -0.130. The Bertz CT molecular complexity index is 633. The van der Waals surface area contributed by atoms with Gasteiger partial charge in [0.15, 0.2) is 12.1 Å². The summed E-state index contributed by atoms with van der Waals surface area (Å²) in [6.07, 6.45) is 5.26. The second-order valence-corrected chi connectivity index (χ2v) is 4.72. The third kappa shape index (κ3) is 3.45. The predicted octanol–water partition coefficient (Wildman–Crippen LogP) is 3.55. The molecule has 0 aliphatic carbocycles. The van der Waals surface area contributed by atoms with Crippen molar-refractivity contribution in [1.82, 2.24) is 4.98 Å². The van der Waals surface area contributed by atoms with Crippen molar-refractivity contribution in [3.63, 3.8) is 0 Å². The van der Waals surface area contributed by atoms with Gasteiger partial charge in [-0.3, -0.25) is 14.6 Å². The van der Waals surface area contributed by atoms with Gasteiger partial charge in [0.2, 0.25) is 0 Å². The second kappa shape index (κ2) is 6.20. The topological polar surface area (TPSA) is 47.0 Å². The molecule has 0 unspecified atom stereocenters. The van der Waals surface area contributed by atoms with Crippen molar-refractivity contribution in [2.75, 3.05) is 0 Å². The number of aromatic nitrogens is 1. The second-order valence-electron chi connectivity index (χ2n) is 3.80. The molecule has 1 aromatic heterocycles. The van der Waals surface area contributed by atoms with E-state index in [1.807, 2.05) is 0 Å². The zero-order valence-electron chi connectivity index (χ0n) is 9.92. The van der Waals surface area contributed by atoms with E-state index in [0.29, 0.717) is 16.8 Å². The zero-order chi connectivity index (χ0) is 13.7. The predicted molar refractivity (Wildman–Crippen MR) is 77.1 cm³/mol. The summed E-state index contributed by atoms with van der Waals surface area (Å²) >= 11 is 3.31. The number of rotatable bonds is 4. The molecule has 1 heterocycles. The molecule has 0 saturated heterocycles. The summed E-state index contributed by atoms with van der Waals surface area (Å²) < 4.78 is 0.918. The molecule has 0 fully saturated rings. The number of benzene rings is 1. The van der Waals surface area contributed by atoms with E-state index in [2.05, 4.69) is 20.9 Å². The number of allylic oxidation sites excluding steroid dienone is 1. The molecule has 4 heteroatoms. The third-order valence-corrected chi connectivity index (χ3v) is 3.05. The lowest BCUT2D eigenvalue weighted by Crippen LogP contribution is -1.95. The maximum absolute atomic E-state index is 11.9. The number of aldehydes is 1. The highest BCUT2D eigenvalue weighted by molar-refractivity contribution is 9.10. The first-order valence-corrected chi connectivity index (χ1v) is 6.38. The van der Waals surface area contributed by atoms with Crippen LogP contribution in [-0.4, -0.2) is 17.1 Å². The fourth-order valence-electron chi connectivity index (χ4n) is 1.53. The van der Waals surface area contributed by atoms with Gasteiger partial charge in [-0.15, -0.1) is 0 Å². The minimum atomic E-state index is -0.130. The SMILES string of the molecule is O=Cc1cccnc1/C=C/C(=O)c1ccc(Br)cc1. The largest absolute Gasteiger partial charge is 0.298 e. The first-order valence-electron chi connectivity index (χ1n) is 5.59. The lowest BCUT2D eigenvalue weighted by atomic mass is 10.1. The van der Waals surface area contributed by atoms with Crippen LogP contribution in [0, 0.1) is 0 Å². The van der Waals surface area contributed by atoms with E-state index in [1.165, 1.54) is 6.08 Å². The molecule has 0 amide bonds. The van der Waals surface area contributed by atoms with E-state index >= 15 is 0 Å². The number of nitrogens with zero attached hydrogens (tertiary/aromatic N) is 1. The first-order chi connectivity index (χ1) is 9.20. The van der Waals surface area contributed by atoms with Gasteiger partial charge < -0.3 is 0 Å². The van der Waals surface area contributed by atoms with Crippen molar-refractivity contribution < 1.29 is 9.59 Å². The van der Waals surface area contributed by atoms with E-state index in [4.69, 9.17) is 0 Å². The molecule has 1 aromatic carbocycles. The van der Waals surface area contributed by atoms with Gasteiger partial charge in [-0.1, -0.05) is 15.9 Å². The number of carbonyl (C=O) groups excluding carboxylic acids is 2. The normalized spacial score (nSPS) is 10.6. The standard InChI is InChI=1S/C15H10BrNO2/c16-13-5-3-11(4-6-13)15(19)8-7-14-12(10-18)2-1-9-17-14/h1-10H/b8-7+. The van der Waals surface area contributed by atoms with Crippen LogP contribution in [0.1, 0.15) is 26.4 Å².